The Hall–Kier alpha value is -2.61. The summed E-state index contributed by atoms with van der Waals surface area (Å²) in [4.78, 5) is 36.1. The highest BCUT2D eigenvalue weighted by Gasteiger charge is 2.28. The summed E-state index contributed by atoms with van der Waals surface area (Å²) in [5.74, 6) is -0.902. The number of amides is 1. The van der Waals surface area contributed by atoms with Crippen LogP contribution in [0.3, 0.4) is 0 Å². The molecule has 0 saturated carbocycles. The average Bonchev–Trinajstić information content (AvgIpc) is 2.61. The molecule has 0 saturated heterocycles. The fourth-order valence-electron chi connectivity index (χ4n) is 2.43. The summed E-state index contributed by atoms with van der Waals surface area (Å²) in [6.45, 7) is 11.6. The molecule has 0 radical (unpaired) electrons. The Morgan fingerprint density at radius 3 is 2.00 bits per heavy atom. The van der Waals surface area contributed by atoms with E-state index in [9.17, 15) is 14.4 Å². The zero-order chi connectivity index (χ0) is 22.9. The van der Waals surface area contributed by atoms with Crippen LogP contribution in [0.5, 0.6) is 0 Å². The van der Waals surface area contributed by atoms with Crippen LogP contribution in [0.1, 0.15) is 63.9 Å². The number of carbonyl (C=O) groups is 3. The van der Waals surface area contributed by atoms with E-state index in [1.54, 1.807) is 53.7 Å². The second-order valence-corrected chi connectivity index (χ2v) is 8.89. The van der Waals surface area contributed by atoms with Gasteiger partial charge in [0.05, 0.1) is 12.7 Å². The summed E-state index contributed by atoms with van der Waals surface area (Å²) in [7, 11) is 1.34. The van der Waals surface area contributed by atoms with E-state index in [1.807, 2.05) is 12.1 Å². The maximum Gasteiger partial charge on any atom is 0.408 e. The van der Waals surface area contributed by atoms with Crippen molar-refractivity contribution in [1.29, 1.82) is 0 Å². The van der Waals surface area contributed by atoms with Crippen molar-refractivity contribution in [3.63, 3.8) is 0 Å². The van der Waals surface area contributed by atoms with Crippen LogP contribution in [-0.4, -0.2) is 48.9 Å². The molecule has 30 heavy (non-hydrogen) atoms. The Kier molecular flexibility index (Phi) is 9.29. The van der Waals surface area contributed by atoms with E-state index < -0.39 is 29.3 Å². The van der Waals surface area contributed by atoms with E-state index in [2.05, 4.69) is 15.4 Å². The molecule has 8 heteroatoms. The van der Waals surface area contributed by atoms with Crippen LogP contribution in [-0.2, 0) is 25.5 Å². The predicted octanol–water partition coefficient (Wildman–Crippen LogP) is 3.19. The molecule has 0 spiro atoms. The van der Waals surface area contributed by atoms with Gasteiger partial charge in [0.1, 0.15) is 17.2 Å². The first-order valence-corrected chi connectivity index (χ1v) is 9.91. The summed E-state index contributed by atoms with van der Waals surface area (Å²) in [6.07, 6.45) is -0.342. The highest BCUT2D eigenvalue weighted by atomic mass is 16.6. The molecule has 0 aliphatic rings. The van der Waals surface area contributed by atoms with E-state index >= 15 is 0 Å². The van der Waals surface area contributed by atoms with E-state index in [-0.39, 0.29) is 5.97 Å². The summed E-state index contributed by atoms with van der Waals surface area (Å²) < 4.78 is 15.3. The zero-order valence-electron chi connectivity index (χ0n) is 19.0. The lowest BCUT2D eigenvalue weighted by molar-refractivity contribution is -0.157. The summed E-state index contributed by atoms with van der Waals surface area (Å²) >= 11 is 0. The van der Waals surface area contributed by atoms with Crippen LogP contribution in [0, 0.1) is 0 Å². The van der Waals surface area contributed by atoms with Crippen molar-refractivity contribution in [2.24, 2.45) is 0 Å². The van der Waals surface area contributed by atoms with Crippen molar-refractivity contribution in [3.05, 3.63) is 35.4 Å². The molecule has 0 bridgehead atoms. The van der Waals surface area contributed by atoms with Gasteiger partial charge in [-0.15, -0.1) is 0 Å². The van der Waals surface area contributed by atoms with Gasteiger partial charge in [0.15, 0.2) is 0 Å². The van der Waals surface area contributed by atoms with Crippen molar-refractivity contribution in [3.8, 4) is 0 Å². The highest BCUT2D eigenvalue weighted by Crippen LogP contribution is 2.12. The maximum absolute atomic E-state index is 12.5. The number of ether oxygens (including phenoxy) is 3. The standard InChI is InChI=1S/C22H34N2O6/c1-21(2,3)29-19(26)17(24-20(27)30-22(4,5)6)12-13-23-14-15-8-10-16(11-9-15)18(25)28-7/h8-11,17,23H,12-14H2,1-7H3,(H,24,27)/t17-/m0/s1. The minimum Gasteiger partial charge on any atom is -0.465 e. The molecule has 1 aromatic carbocycles. The SMILES string of the molecule is COC(=O)c1ccc(CNCC[C@H](NC(=O)OC(C)(C)C)C(=O)OC(C)(C)C)cc1. The summed E-state index contributed by atoms with van der Waals surface area (Å²) in [5, 5.41) is 5.81. The third-order valence-corrected chi connectivity index (χ3v) is 3.70. The van der Waals surface area contributed by atoms with Gasteiger partial charge in [-0.25, -0.2) is 14.4 Å². The quantitative estimate of drug-likeness (QED) is 0.377. The van der Waals surface area contributed by atoms with Crippen molar-refractivity contribution >= 4 is 18.0 Å². The van der Waals surface area contributed by atoms with Crippen LogP contribution >= 0.6 is 0 Å². The fourth-order valence-corrected chi connectivity index (χ4v) is 2.43. The van der Waals surface area contributed by atoms with Crippen LogP contribution in [0.15, 0.2) is 24.3 Å². The Morgan fingerprint density at radius 2 is 1.50 bits per heavy atom. The van der Waals surface area contributed by atoms with E-state index in [0.29, 0.717) is 25.1 Å². The number of hydrogen-bond acceptors (Lipinski definition) is 7. The molecular formula is C22H34N2O6. The minimum atomic E-state index is -0.840. The number of carbonyl (C=O) groups excluding carboxylic acids is 3. The first-order chi connectivity index (χ1) is 13.8. The van der Waals surface area contributed by atoms with Crippen LogP contribution in [0.4, 0.5) is 4.79 Å². The molecule has 0 heterocycles. The molecule has 1 amide bonds. The topological polar surface area (TPSA) is 103 Å². The Morgan fingerprint density at radius 1 is 0.933 bits per heavy atom. The summed E-state index contributed by atoms with van der Waals surface area (Å²) in [5.41, 5.74) is 0.112. The monoisotopic (exact) mass is 422 g/mol. The highest BCUT2D eigenvalue weighted by molar-refractivity contribution is 5.89. The van der Waals surface area contributed by atoms with Crippen LogP contribution < -0.4 is 10.6 Å². The van der Waals surface area contributed by atoms with Crippen LogP contribution in [0.2, 0.25) is 0 Å². The number of hydrogen-bond donors (Lipinski definition) is 2. The molecule has 2 N–H and O–H groups in total. The Balaban J connectivity index is 2.62. The molecule has 1 aromatic rings. The number of rotatable bonds is 8. The molecule has 0 aliphatic carbocycles. The molecule has 1 atom stereocenters. The zero-order valence-corrected chi connectivity index (χ0v) is 19.0. The lowest BCUT2D eigenvalue weighted by atomic mass is 10.1. The van der Waals surface area contributed by atoms with Gasteiger partial charge in [0, 0.05) is 6.54 Å². The van der Waals surface area contributed by atoms with Gasteiger partial charge in [0.25, 0.3) is 0 Å². The Labute approximate surface area is 178 Å². The summed E-state index contributed by atoms with van der Waals surface area (Å²) in [6, 6.07) is 6.19. The van der Waals surface area contributed by atoms with Crippen LogP contribution in [0.25, 0.3) is 0 Å². The van der Waals surface area contributed by atoms with E-state index in [1.165, 1.54) is 7.11 Å². The van der Waals surface area contributed by atoms with Crippen molar-refractivity contribution < 1.29 is 28.6 Å². The number of nitrogens with one attached hydrogen (secondary N) is 2. The molecular weight excluding hydrogens is 388 g/mol. The molecule has 0 fully saturated rings. The largest absolute Gasteiger partial charge is 0.465 e. The first kappa shape index (κ1) is 25.4. The van der Waals surface area contributed by atoms with E-state index in [4.69, 9.17) is 9.47 Å². The molecule has 168 valence electrons. The van der Waals surface area contributed by atoms with Gasteiger partial charge in [-0.2, -0.15) is 0 Å². The fraction of sp³-hybridized carbons (Fsp3) is 0.591. The van der Waals surface area contributed by atoms with Crippen molar-refractivity contribution in [2.45, 2.75) is 71.8 Å². The molecule has 0 aliphatic heterocycles. The third-order valence-electron chi connectivity index (χ3n) is 3.70. The number of esters is 2. The molecule has 0 unspecified atom stereocenters. The van der Waals surface area contributed by atoms with Gasteiger partial charge >= 0.3 is 18.0 Å². The van der Waals surface area contributed by atoms with Gasteiger partial charge in [-0.05, 0) is 72.2 Å². The molecule has 1 rings (SSSR count). The van der Waals surface area contributed by atoms with E-state index in [0.717, 1.165) is 5.56 Å². The maximum atomic E-state index is 12.5. The second-order valence-electron chi connectivity index (χ2n) is 8.89. The smallest absolute Gasteiger partial charge is 0.408 e. The number of benzene rings is 1. The van der Waals surface area contributed by atoms with Crippen molar-refractivity contribution in [2.75, 3.05) is 13.7 Å². The van der Waals surface area contributed by atoms with Gasteiger partial charge in [-0.3, -0.25) is 0 Å². The van der Waals surface area contributed by atoms with Gasteiger partial charge in [-0.1, -0.05) is 12.1 Å². The predicted molar refractivity (Wildman–Crippen MR) is 113 cm³/mol. The van der Waals surface area contributed by atoms with Crippen molar-refractivity contribution in [1.82, 2.24) is 10.6 Å². The third kappa shape index (κ3) is 10.2. The second kappa shape index (κ2) is 11.0. The molecule has 8 nitrogen and oxygen atoms in total. The molecule has 0 aromatic heterocycles. The van der Waals surface area contributed by atoms with Gasteiger partial charge < -0.3 is 24.8 Å². The normalized spacial score (nSPS) is 12.6. The Bertz CT molecular complexity index is 717. The average molecular weight is 423 g/mol. The lowest BCUT2D eigenvalue weighted by Crippen LogP contribution is -2.47. The number of methoxy groups -OCH3 is 1. The minimum absolute atomic E-state index is 0.328. The first-order valence-electron chi connectivity index (χ1n) is 9.91. The van der Waals surface area contributed by atoms with Gasteiger partial charge in [0.2, 0.25) is 0 Å². The number of alkyl carbamates (subject to hydrolysis) is 1. The lowest BCUT2D eigenvalue weighted by Gasteiger charge is -2.26.